The van der Waals surface area contributed by atoms with E-state index in [0.717, 1.165) is 15.7 Å². The standard InChI is InChI=1S/C12H18BrN3O2S/c1-19(17,18)16-6-4-15(5-7-16)11-3-2-10(9-14)12(13)8-11/h2-3,8H,4-7,9,14H2,1H3. The van der Waals surface area contributed by atoms with Crippen LogP contribution in [0.15, 0.2) is 22.7 Å². The fraction of sp³-hybridized carbons (Fsp3) is 0.500. The number of hydrogen-bond acceptors (Lipinski definition) is 4. The molecule has 1 aliphatic heterocycles. The average molecular weight is 348 g/mol. The summed E-state index contributed by atoms with van der Waals surface area (Å²) in [5.74, 6) is 0. The van der Waals surface area contributed by atoms with E-state index < -0.39 is 10.0 Å². The Morgan fingerprint density at radius 2 is 1.89 bits per heavy atom. The molecule has 0 saturated carbocycles. The molecular formula is C12H18BrN3O2S. The second-order valence-corrected chi connectivity index (χ2v) is 7.47. The molecule has 19 heavy (non-hydrogen) atoms. The number of rotatable bonds is 3. The van der Waals surface area contributed by atoms with Gasteiger partial charge in [0.2, 0.25) is 10.0 Å². The molecule has 2 N–H and O–H groups in total. The Kier molecular flexibility index (Phi) is 4.50. The minimum Gasteiger partial charge on any atom is -0.369 e. The van der Waals surface area contributed by atoms with Gasteiger partial charge in [0.25, 0.3) is 0 Å². The van der Waals surface area contributed by atoms with Crippen LogP contribution in [-0.4, -0.2) is 45.2 Å². The average Bonchev–Trinajstić information content (AvgIpc) is 2.38. The summed E-state index contributed by atoms with van der Waals surface area (Å²) in [5.41, 5.74) is 7.79. The first-order valence-electron chi connectivity index (χ1n) is 6.10. The third-order valence-corrected chi connectivity index (χ3v) is 5.37. The van der Waals surface area contributed by atoms with Crippen molar-refractivity contribution in [3.63, 3.8) is 0 Å². The third kappa shape index (κ3) is 3.47. The van der Waals surface area contributed by atoms with E-state index in [1.807, 2.05) is 18.2 Å². The zero-order chi connectivity index (χ0) is 14.0. The van der Waals surface area contributed by atoms with Crippen LogP contribution in [-0.2, 0) is 16.6 Å². The van der Waals surface area contributed by atoms with Crippen LogP contribution in [0.5, 0.6) is 0 Å². The van der Waals surface area contributed by atoms with Crippen LogP contribution in [0, 0.1) is 0 Å². The minimum absolute atomic E-state index is 0.503. The molecule has 1 aliphatic rings. The summed E-state index contributed by atoms with van der Waals surface area (Å²) >= 11 is 3.50. The molecule has 1 aromatic carbocycles. The van der Waals surface area contributed by atoms with Crippen LogP contribution < -0.4 is 10.6 Å². The summed E-state index contributed by atoms with van der Waals surface area (Å²) in [6.07, 6.45) is 1.26. The fourth-order valence-corrected chi connectivity index (χ4v) is 3.53. The molecule has 0 unspecified atom stereocenters. The predicted molar refractivity (Wildman–Crippen MR) is 80.7 cm³/mol. The number of nitrogens with two attached hydrogens (primary N) is 1. The van der Waals surface area contributed by atoms with E-state index in [-0.39, 0.29) is 0 Å². The Hall–Kier alpha value is -0.630. The molecule has 0 aliphatic carbocycles. The van der Waals surface area contributed by atoms with Crippen LogP contribution in [0.3, 0.4) is 0 Å². The van der Waals surface area contributed by atoms with Gasteiger partial charge >= 0.3 is 0 Å². The molecule has 0 atom stereocenters. The Morgan fingerprint density at radius 1 is 1.26 bits per heavy atom. The Bertz CT molecular complexity index is 554. The highest BCUT2D eigenvalue weighted by Crippen LogP contribution is 2.25. The maximum absolute atomic E-state index is 11.5. The monoisotopic (exact) mass is 347 g/mol. The number of nitrogens with zero attached hydrogens (tertiary/aromatic N) is 2. The van der Waals surface area contributed by atoms with E-state index in [9.17, 15) is 8.42 Å². The van der Waals surface area contributed by atoms with Crippen LogP contribution >= 0.6 is 15.9 Å². The molecule has 106 valence electrons. The molecule has 0 bridgehead atoms. The summed E-state index contributed by atoms with van der Waals surface area (Å²) in [6, 6.07) is 6.07. The van der Waals surface area contributed by atoms with Crippen molar-refractivity contribution >= 4 is 31.6 Å². The van der Waals surface area contributed by atoms with Crippen LogP contribution in [0.2, 0.25) is 0 Å². The van der Waals surface area contributed by atoms with E-state index in [0.29, 0.717) is 32.7 Å². The lowest BCUT2D eigenvalue weighted by Crippen LogP contribution is -2.48. The van der Waals surface area contributed by atoms with Crippen molar-refractivity contribution in [3.05, 3.63) is 28.2 Å². The highest BCUT2D eigenvalue weighted by atomic mass is 79.9. The highest BCUT2D eigenvalue weighted by Gasteiger charge is 2.23. The van der Waals surface area contributed by atoms with Gasteiger partial charge in [-0.1, -0.05) is 22.0 Å². The second kappa shape index (κ2) is 5.78. The SMILES string of the molecule is CS(=O)(=O)N1CCN(c2ccc(CN)c(Br)c2)CC1. The lowest BCUT2D eigenvalue weighted by molar-refractivity contribution is 0.388. The molecule has 5 nitrogen and oxygen atoms in total. The van der Waals surface area contributed by atoms with E-state index >= 15 is 0 Å². The van der Waals surface area contributed by atoms with Crippen LogP contribution in [0.25, 0.3) is 0 Å². The Morgan fingerprint density at radius 3 is 2.37 bits per heavy atom. The van der Waals surface area contributed by atoms with Gasteiger partial charge in [0.1, 0.15) is 0 Å². The maximum Gasteiger partial charge on any atom is 0.211 e. The molecule has 0 radical (unpaired) electrons. The maximum atomic E-state index is 11.5. The molecule has 7 heteroatoms. The summed E-state index contributed by atoms with van der Waals surface area (Å²) < 4.78 is 25.4. The summed E-state index contributed by atoms with van der Waals surface area (Å²) in [7, 11) is -3.07. The van der Waals surface area contributed by atoms with Crippen LogP contribution in [0.4, 0.5) is 5.69 Å². The molecule has 0 spiro atoms. The predicted octanol–water partition coefficient (Wildman–Crippen LogP) is 0.989. The lowest BCUT2D eigenvalue weighted by atomic mass is 10.2. The van der Waals surface area contributed by atoms with E-state index in [1.54, 1.807) is 0 Å². The van der Waals surface area contributed by atoms with Crippen molar-refractivity contribution in [1.29, 1.82) is 0 Å². The fourth-order valence-electron chi connectivity index (χ4n) is 2.18. The Labute approximate surface area is 122 Å². The van der Waals surface area contributed by atoms with Crippen molar-refractivity contribution in [1.82, 2.24) is 4.31 Å². The topological polar surface area (TPSA) is 66.6 Å². The lowest BCUT2D eigenvalue weighted by Gasteiger charge is -2.34. The van der Waals surface area contributed by atoms with Gasteiger partial charge in [0, 0.05) is 42.9 Å². The van der Waals surface area contributed by atoms with E-state index in [2.05, 4.69) is 20.8 Å². The summed E-state index contributed by atoms with van der Waals surface area (Å²) in [4.78, 5) is 2.19. The van der Waals surface area contributed by atoms with Crippen molar-refractivity contribution in [2.24, 2.45) is 5.73 Å². The zero-order valence-electron chi connectivity index (χ0n) is 10.8. The van der Waals surface area contributed by atoms with Crippen molar-refractivity contribution < 1.29 is 8.42 Å². The molecule has 1 fully saturated rings. The summed E-state index contributed by atoms with van der Waals surface area (Å²) in [6.45, 7) is 3.00. The first-order valence-corrected chi connectivity index (χ1v) is 8.74. The van der Waals surface area contributed by atoms with E-state index in [4.69, 9.17) is 5.73 Å². The van der Waals surface area contributed by atoms with Crippen molar-refractivity contribution in [3.8, 4) is 0 Å². The van der Waals surface area contributed by atoms with Crippen molar-refractivity contribution in [2.45, 2.75) is 6.54 Å². The number of halogens is 1. The highest BCUT2D eigenvalue weighted by molar-refractivity contribution is 9.10. The molecule has 0 aromatic heterocycles. The zero-order valence-corrected chi connectivity index (χ0v) is 13.2. The number of sulfonamides is 1. The molecular weight excluding hydrogens is 330 g/mol. The normalized spacial score (nSPS) is 17.7. The molecule has 1 heterocycles. The van der Waals surface area contributed by atoms with Gasteiger partial charge in [0.05, 0.1) is 6.26 Å². The third-order valence-electron chi connectivity index (χ3n) is 3.33. The number of anilines is 1. The van der Waals surface area contributed by atoms with Gasteiger partial charge in [0.15, 0.2) is 0 Å². The van der Waals surface area contributed by atoms with Crippen LogP contribution in [0.1, 0.15) is 5.56 Å². The molecule has 1 aromatic rings. The first-order chi connectivity index (χ1) is 8.91. The molecule has 1 saturated heterocycles. The number of hydrogen-bond donors (Lipinski definition) is 1. The summed E-state index contributed by atoms with van der Waals surface area (Å²) in [5, 5.41) is 0. The number of piperazine rings is 1. The number of benzene rings is 1. The quantitative estimate of drug-likeness (QED) is 0.885. The largest absolute Gasteiger partial charge is 0.369 e. The first kappa shape index (κ1) is 14.8. The van der Waals surface area contributed by atoms with Gasteiger partial charge in [-0.3, -0.25) is 0 Å². The van der Waals surface area contributed by atoms with Gasteiger partial charge in [-0.15, -0.1) is 0 Å². The van der Waals surface area contributed by atoms with Gasteiger partial charge in [-0.25, -0.2) is 8.42 Å². The smallest absolute Gasteiger partial charge is 0.211 e. The molecule has 0 amide bonds. The second-order valence-electron chi connectivity index (χ2n) is 4.63. The van der Waals surface area contributed by atoms with Crippen molar-refractivity contribution in [2.75, 3.05) is 37.3 Å². The Balaban J connectivity index is 2.08. The van der Waals surface area contributed by atoms with Gasteiger partial charge in [-0.2, -0.15) is 4.31 Å². The minimum atomic E-state index is -3.07. The van der Waals surface area contributed by atoms with Gasteiger partial charge in [-0.05, 0) is 17.7 Å². The molecule has 2 rings (SSSR count). The van der Waals surface area contributed by atoms with E-state index in [1.165, 1.54) is 10.6 Å². The van der Waals surface area contributed by atoms with Gasteiger partial charge < -0.3 is 10.6 Å².